The largest absolute Gasteiger partial charge is 0.383 e. The third kappa shape index (κ3) is 4.59. The molecule has 0 saturated heterocycles. The zero-order valence-electron chi connectivity index (χ0n) is 9.51. The molecule has 1 rings (SSSR count). The Morgan fingerprint density at radius 1 is 1.72 bits per heavy atom. The normalized spacial score (nSPS) is 12.1. The highest BCUT2D eigenvalue weighted by molar-refractivity contribution is 7.98. The summed E-state index contributed by atoms with van der Waals surface area (Å²) >= 11 is 1.17. The first-order valence-corrected chi connectivity index (χ1v) is 5.82. The first-order valence-electron chi connectivity index (χ1n) is 4.77. The molecule has 18 heavy (non-hydrogen) atoms. The molecule has 1 aromatic heterocycles. The molecule has 2 N–H and O–H groups in total. The molecular formula is C8H12N4O5S. The Morgan fingerprint density at radius 2 is 2.44 bits per heavy atom. The number of nitrogens with zero attached hydrogens (tertiary/aromatic N) is 3. The average molecular weight is 276 g/mol. The number of ether oxygens (including phenoxy) is 1. The predicted molar refractivity (Wildman–Crippen MR) is 64.2 cm³/mol. The molecule has 0 bridgehead atoms. The van der Waals surface area contributed by atoms with Gasteiger partial charge in [-0.15, -0.1) is 21.9 Å². The Balaban J connectivity index is 2.51. The summed E-state index contributed by atoms with van der Waals surface area (Å²) in [7, 11) is 1.39. The molecule has 0 aliphatic heterocycles. The van der Waals surface area contributed by atoms with Crippen LogP contribution in [0.5, 0.6) is 0 Å². The fraction of sp³-hybridized carbons (Fsp3) is 0.500. The zero-order chi connectivity index (χ0) is 13.5. The van der Waals surface area contributed by atoms with Crippen molar-refractivity contribution >= 4 is 17.6 Å². The van der Waals surface area contributed by atoms with Gasteiger partial charge < -0.3 is 15.3 Å². The minimum Gasteiger partial charge on any atom is -0.383 e. The van der Waals surface area contributed by atoms with Crippen LogP contribution < -0.4 is 11.4 Å². The number of hydrogen-bond donors (Lipinski definition) is 1. The van der Waals surface area contributed by atoms with Crippen molar-refractivity contribution in [2.45, 2.75) is 11.3 Å². The van der Waals surface area contributed by atoms with Gasteiger partial charge in [-0.3, -0.25) is 4.57 Å². The van der Waals surface area contributed by atoms with E-state index in [9.17, 15) is 14.9 Å². The van der Waals surface area contributed by atoms with Crippen LogP contribution in [0.15, 0.2) is 17.1 Å². The van der Waals surface area contributed by atoms with Crippen LogP contribution in [0.2, 0.25) is 0 Å². The highest BCUT2D eigenvalue weighted by Crippen LogP contribution is 2.13. The molecule has 1 unspecified atom stereocenters. The highest BCUT2D eigenvalue weighted by Gasteiger charge is 2.11. The minimum absolute atomic E-state index is 0.140. The number of anilines is 1. The molecule has 1 aromatic rings. The molecule has 0 amide bonds. The van der Waals surface area contributed by atoms with Crippen LogP contribution in [-0.2, 0) is 15.5 Å². The van der Waals surface area contributed by atoms with Gasteiger partial charge in [0.25, 0.3) is 5.09 Å². The summed E-state index contributed by atoms with van der Waals surface area (Å²) < 4.78 is 6.26. The highest BCUT2D eigenvalue weighted by atomic mass is 32.2. The maximum atomic E-state index is 11.4. The maximum absolute atomic E-state index is 11.4. The molecule has 100 valence electrons. The van der Waals surface area contributed by atoms with Gasteiger partial charge in [-0.2, -0.15) is 4.98 Å². The summed E-state index contributed by atoms with van der Waals surface area (Å²) in [6.45, 7) is -0.217. The van der Waals surface area contributed by atoms with Gasteiger partial charge in [-0.25, -0.2) is 4.79 Å². The van der Waals surface area contributed by atoms with Gasteiger partial charge in [0.2, 0.25) is 0 Å². The van der Waals surface area contributed by atoms with Crippen LogP contribution in [0.3, 0.4) is 0 Å². The van der Waals surface area contributed by atoms with E-state index in [0.717, 1.165) is 0 Å². The van der Waals surface area contributed by atoms with Crippen molar-refractivity contribution < 1.29 is 14.7 Å². The van der Waals surface area contributed by atoms with E-state index < -0.39 is 16.2 Å². The van der Waals surface area contributed by atoms with E-state index in [4.69, 9.17) is 10.5 Å². The standard InChI is InChI=1S/C8H12N4O5S/c1-16-7(4-17-12(14)15)18-5-11-3-2-6(9)10-8(11)13/h2-3,7H,4-5H2,1H3,(H2,9,10,13). The van der Waals surface area contributed by atoms with E-state index in [0.29, 0.717) is 0 Å². The predicted octanol–water partition coefficient (Wildman–Crippen LogP) is -0.303. The summed E-state index contributed by atoms with van der Waals surface area (Å²) in [5.74, 6) is 0.368. The summed E-state index contributed by atoms with van der Waals surface area (Å²) in [5.41, 5.74) is 4.29. The fourth-order valence-corrected chi connectivity index (χ4v) is 1.83. The van der Waals surface area contributed by atoms with Crippen LogP contribution in [0, 0.1) is 10.1 Å². The summed E-state index contributed by atoms with van der Waals surface area (Å²) in [6, 6.07) is 1.48. The molecule has 10 heteroatoms. The quantitative estimate of drug-likeness (QED) is 0.409. The molecule has 0 radical (unpaired) electrons. The molecular weight excluding hydrogens is 264 g/mol. The number of nitrogens with two attached hydrogens (primary N) is 1. The second-order valence-corrected chi connectivity index (χ2v) is 4.20. The average Bonchev–Trinajstić information content (AvgIpc) is 2.31. The topological polar surface area (TPSA) is 123 Å². The van der Waals surface area contributed by atoms with Gasteiger partial charge in [0.15, 0.2) is 0 Å². The van der Waals surface area contributed by atoms with Crippen LogP contribution in [0.4, 0.5) is 5.82 Å². The van der Waals surface area contributed by atoms with E-state index in [-0.39, 0.29) is 18.3 Å². The number of aromatic nitrogens is 2. The van der Waals surface area contributed by atoms with Gasteiger partial charge in [0, 0.05) is 13.3 Å². The molecule has 0 aromatic carbocycles. The van der Waals surface area contributed by atoms with Crippen LogP contribution >= 0.6 is 11.8 Å². The number of thioether (sulfide) groups is 1. The fourth-order valence-electron chi connectivity index (χ4n) is 1.01. The Morgan fingerprint density at radius 3 is 3.00 bits per heavy atom. The molecule has 1 atom stereocenters. The molecule has 0 aliphatic rings. The molecule has 0 aliphatic carbocycles. The number of methoxy groups -OCH3 is 1. The number of hydrogen-bond acceptors (Lipinski definition) is 8. The lowest BCUT2D eigenvalue weighted by Crippen LogP contribution is -2.24. The molecule has 1 heterocycles. The van der Waals surface area contributed by atoms with Crippen LogP contribution in [-0.4, -0.2) is 33.8 Å². The van der Waals surface area contributed by atoms with Gasteiger partial charge in [-0.1, -0.05) is 0 Å². The van der Waals surface area contributed by atoms with E-state index in [2.05, 4.69) is 9.82 Å². The van der Waals surface area contributed by atoms with Crippen LogP contribution in [0.1, 0.15) is 0 Å². The Kier molecular flexibility index (Phi) is 5.39. The third-order valence-corrected chi connectivity index (χ3v) is 3.00. The first kappa shape index (κ1) is 14.3. The van der Waals surface area contributed by atoms with E-state index in [1.165, 1.54) is 35.7 Å². The lowest BCUT2D eigenvalue weighted by Gasteiger charge is -2.13. The smallest absolute Gasteiger partial charge is 0.350 e. The van der Waals surface area contributed by atoms with Crippen LogP contribution in [0.25, 0.3) is 0 Å². The summed E-state index contributed by atoms with van der Waals surface area (Å²) in [4.78, 5) is 29.1. The van der Waals surface area contributed by atoms with Crippen molar-refractivity contribution in [3.05, 3.63) is 32.9 Å². The Hall–Kier alpha value is -1.81. The van der Waals surface area contributed by atoms with E-state index >= 15 is 0 Å². The van der Waals surface area contributed by atoms with Crippen molar-refractivity contribution in [3.8, 4) is 0 Å². The lowest BCUT2D eigenvalue weighted by atomic mass is 10.6. The van der Waals surface area contributed by atoms with Gasteiger partial charge in [-0.05, 0) is 6.07 Å². The molecule has 0 spiro atoms. The lowest BCUT2D eigenvalue weighted by molar-refractivity contribution is -0.758. The molecule has 0 fully saturated rings. The van der Waals surface area contributed by atoms with Crippen molar-refractivity contribution in [3.63, 3.8) is 0 Å². The molecule has 9 nitrogen and oxygen atoms in total. The van der Waals surface area contributed by atoms with E-state index in [1.54, 1.807) is 0 Å². The zero-order valence-corrected chi connectivity index (χ0v) is 10.3. The first-order chi connectivity index (χ1) is 8.52. The Labute approximate surface area is 106 Å². The van der Waals surface area contributed by atoms with Gasteiger partial charge in [0.05, 0.1) is 5.88 Å². The number of rotatable bonds is 7. The Bertz CT molecular complexity index is 465. The number of nitrogen functional groups attached to an aromatic ring is 1. The van der Waals surface area contributed by atoms with Crippen molar-refractivity contribution in [2.75, 3.05) is 19.5 Å². The SMILES string of the molecule is COC(CO[N+](=O)[O-])SCn1ccc(N)nc1=O. The van der Waals surface area contributed by atoms with Crippen molar-refractivity contribution in [1.82, 2.24) is 9.55 Å². The monoisotopic (exact) mass is 276 g/mol. The minimum atomic E-state index is -0.899. The van der Waals surface area contributed by atoms with Crippen molar-refractivity contribution in [2.24, 2.45) is 0 Å². The maximum Gasteiger partial charge on any atom is 0.350 e. The second-order valence-electron chi connectivity index (χ2n) is 3.09. The summed E-state index contributed by atoms with van der Waals surface area (Å²) in [5, 5.41) is 9.13. The van der Waals surface area contributed by atoms with Gasteiger partial charge >= 0.3 is 5.69 Å². The van der Waals surface area contributed by atoms with E-state index in [1.807, 2.05) is 0 Å². The van der Waals surface area contributed by atoms with Gasteiger partial charge in [0.1, 0.15) is 17.9 Å². The third-order valence-electron chi connectivity index (χ3n) is 1.87. The summed E-state index contributed by atoms with van der Waals surface area (Å²) in [6.07, 6.45) is 1.48. The second kappa shape index (κ2) is 6.81. The molecule has 0 saturated carbocycles. The van der Waals surface area contributed by atoms with Crippen molar-refractivity contribution in [1.29, 1.82) is 0 Å².